The van der Waals surface area contributed by atoms with Crippen LogP contribution in [0, 0.1) is 11.3 Å². The quantitative estimate of drug-likeness (QED) is 0.484. The summed E-state index contributed by atoms with van der Waals surface area (Å²) in [5, 5.41) is 17.9. The Balaban J connectivity index is 1.37. The number of aromatic amines is 1. The average molecular weight is 507 g/mol. The Morgan fingerprint density at radius 3 is 2.97 bits per heavy atom. The summed E-state index contributed by atoms with van der Waals surface area (Å²) in [6.07, 6.45) is 2.45. The first kappa shape index (κ1) is 20.2. The number of aromatic nitrogens is 4. The number of imidazole rings is 1. The van der Waals surface area contributed by atoms with E-state index in [0.29, 0.717) is 53.4 Å². The molecule has 1 saturated heterocycles. The highest BCUT2D eigenvalue weighted by atomic mass is 79.9. The molecule has 1 unspecified atom stereocenters. The third kappa shape index (κ3) is 3.97. The van der Waals surface area contributed by atoms with E-state index < -0.39 is 6.09 Å². The van der Waals surface area contributed by atoms with Gasteiger partial charge in [-0.3, -0.25) is 5.41 Å². The van der Waals surface area contributed by atoms with Crippen LogP contribution in [0.25, 0.3) is 11.2 Å². The molecule has 0 saturated carbocycles. The lowest BCUT2D eigenvalue weighted by molar-refractivity contribution is 0.153. The molecule has 2 aromatic heterocycles. The molecule has 1 fully saturated rings. The van der Waals surface area contributed by atoms with Crippen LogP contribution < -0.4 is 15.0 Å². The predicted octanol–water partition coefficient (Wildman–Crippen LogP) is 3.27. The van der Waals surface area contributed by atoms with Gasteiger partial charge in [0, 0.05) is 29.0 Å². The molecule has 31 heavy (non-hydrogen) atoms. The highest BCUT2D eigenvalue weighted by Gasteiger charge is 2.26. The summed E-state index contributed by atoms with van der Waals surface area (Å²) in [6.45, 7) is 2.00. The average Bonchev–Trinajstić information content (AvgIpc) is 3.47. The maximum absolute atomic E-state index is 11.1. The second-order valence-corrected chi connectivity index (χ2v) is 9.32. The van der Waals surface area contributed by atoms with Crippen molar-refractivity contribution in [2.45, 2.75) is 29.4 Å². The van der Waals surface area contributed by atoms with Crippen LogP contribution in [0.5, 0.6) is 11.5 Å². The normalized spacial score (nSPS) is 17.6. The molecule has 0 spiro atoms. The first-order valence-electron chi connectivity index (χ1n) is 9.72. The van der Waals surface area contributed by atoms with Crippen LogP contribution >= 0.6 is 27.7 Å². The smallest absolute Gasteiger partial charge is 0.407 e. The van der Waals surface area contributed by atoms with E-state index in [2.05, 4.69) is 25.9 Å². The number of ether oxygens (including phenoxy) is 2. The Bertz CT molecular complexity index is 1230. The van der Waals surface area contributed by atoms with Crippen molar-refractivity contribution < 1.29 is 19.4 Å². The highest BCUT2D eigenvalue weighted by Crippen LogP contribution is 2.42. The Morgan fingerprint density at radius 2 is 2.19 bits per heavy atom. The number of aryl methyl sites for hydroxylation is 1. The van der Waals surface area contributed by atoms with Gasteiger partial charge in [-0.25, -0.2) is 14.8 Å². The van der Waals surface area contributed by atoms with Crippen molar-refractivity contribution in [3.63, 3.8) is 0 Å². The van der Waals surface area contributed by atoms with Crippen LogP contribution in [0.15, 0.2) is 33.0 Å². The fourth-order valence-corrected chi connectivity index (χ4v) is 5.20. The summed E-state index contributed by atoms with van der Waals surface area (Å²) in [5.74, 6) is 1.70. The van der Waals surface area contributed by atoms with Gasteiger partial charge in [0.05, 0.1) is 6.33 Å². The number of amides is 1. The molecule has 4 heterocycles. The number of likely N-dealkylation sites (tertiary alicyclic amines) is 1. The molecule has 162 valence electrons. The van der Waals surface area contributed by atoms with Crippen LogP contribution in [0.2, 0.25) is 0 Å². The van der Waals surface area contributed by atoms with E-state index >= 15 is 0 Å². The summed E-state index contributed by atoms with van der Waals surface area (Å²) in [7, 11) is 0. The number of carboxylic acid groups (broad SMARTS) is 1. The van der Waals surface area contributed by atoms with Crippen LogP contribution in [-0.2, 0) is 6.54 Å². The van der Waals surface area contributed by atoms with E-state index in [1.54, 1.807) is 6.33 Å². The number of halogens is 1. The lowest BCUT2D eigenvalue weighted by Gasteiger charge is -2.13. The zero-order valence-electron chi connectivity index (χ0n) is 16.3. The van der Waals surface area contributed by atoms with Gasteiger partial charge in [0.1, 0.15) is 5.52 Å². The van der Waals surface area contributed by atoms with E-state index in [1.807, 2.05) is 16.7 Å². The van der Waals surface area contributed by atoms with E-state index in [4.69, 9.17) is 25.0 Å². The number of carbonyl (C=O) groups is 1. The molecule has 5 rings (SSSR count). The number of benzene rings is 1. The largest absolute Gasteiger partial charge is 0.465 e. The topological polar surface area (TPSA) is 129 Å². The van der Waals surface area contributed by atoms with Gasteiger partial charge in [0.25, 0.3) is 0 Å². The standard InChI is InChI=1S/C19H19BrN6O4S/c20-11-5-12-13(30-9-29-12)6-14(11)31-18-23-15-16(21)22-8-26(17(15)24-18)4-2-10-1-3-25(7-10)19(27)28/h5-6,8,10,21H,1-4,7,9H2,(H,23,24)(H,27,28). The predicted molar refractivity (Wildman–Crippen MR) is 114 cm³/mol. The number of hydrogen-bond donors (Lipinski definition) is 3. The summed E-state index contributed by atoms with van der Waals surface area (Å²) in [5.41, 5.74) is 1.36. The number of fused-ring (bicyclic) bond motifs is 2. The Kier molecular flexibility index (Phi) is 5.26. The number of hydrogen-bond acceptors (Lipinski definition) is 7. The molecule has 1 aromatic carbocycles. The summed E-state index contributed by atoms with van der Waals surface area (Å²) in [6, 6.07) is 3.76. The lowest BCUT2D eigenvalue weighted by Crippen LogP contribution is -2.26. The zero-order valence-corrected chi connectivity index (χ0v) is 18.7. The van der Waals surface area contributed by atoms with Crippen molar-refractivity contribution in [2.24, 2.45) is 5.92 Å². The van der Waals surface area contributed by atoms with Gasteiger partial charge in [-0.1, -0.05) is 11.8 Å². The SMILES string of the molecule is N=c1ncn(CCC2CCN(C(=O)O)C2)c2nc(Sc3cc4c(cc3Br)OCO4)[nH]c12. The summed E-state index contributed by atoms with van der Waals surface area (Å²) < 4.78 is 13.6. The Hall–Kier alpha value is -2.73. The first-order valence-corrected chi connectivity index (χ1v) is 11.3. The number of rotatable bonds is 5. The van der Waals surface area contributed by atoms with E-state index in [9.17, 15) is 4.79 Å². The van der Waals surface area contributed by atoms with Crippen molar-refractivity contribution in [1.29, 1.82) is 5.41 Å². The molecular formula is C19H19BrN6O4S. The lowest BCUT2D eigenvalue weighted by atomic mass is 10.1. The maximum atomic E-state index is 11.1. The third-order valence-corrected chi connectivity index (χ3v) is 7.33. The van der Waals surface area contributed by atoms with Crippen molar-refractivity contribution in [1.82, 2.24) is 24.4 Å². The second-order valence-electron chi connectivity index (χ2n) is 7.44. The van der Waals surface area contributed by atoms with Gasteiger partial charge >= 0.3 is 6.09 Å². The van der Waals surface area contributed by atoms with Crippen LogP contribution in [-0.4, -0.2) is 55.5 Å². The van der Waals surface area contributed by atoms with E-state index in [0.717, 1.165) is 22.2 Å². The molecule has 2 aliphatic rings. The number of H-pyrrole nitrogens is 1. The number of nitrogens with one attached hydrogen (secondary N) is 2. The van der Waals surface area contributed by atoms with Crippen LogP contribution in [0.4, 0.5) is 4.79 Å². The zero-order chi connectivity index (χ0) is 21.5. The van der Waals surface area contributed by atoms with Gasteiger partial charge in [-0.05, 0) is 46.8 Å². The van der Waals surface area contributed by atoms with Crippen molar-refractivity contribution >= 4 is 44.9 Å². The maximum Gasteiger partial charge on any atom is 0.407 e. The van der Waals surface area contributed by atoms with E-state index in [-0.39, 0.29) is 12.3 Å². The minimum absolute atomic E-state index is 0.133. The minimum atomic E-state index is -0.860. The molecule has 0 bridgehead atoms. The minimum Gasteiger partial charge on any atom is -0.465 e. The summed E-state index contributed by atoms with van der Waals surface area (Å²) in [4.78, 5) is 25.6. The summed E-state index contributed by atoms with van der Waals surface area (Å²) >= 11 is 4.98. The molecule has 1 atom stereocenters. The van der Waals surface area contributed by atoms with E-state index in [1.165, 1.54) is 16.7 Å². The Morgan fingerprint density at radius 1 is 1.39 bits per heavy atom. The van der Waals surface area contributed by atoms with Crippen molar-refractivity contribution in [3.8, 4) is 11.5 Å². The first-order chi connectivity index (χ1) is 15.0. The van der Waals surface area contributed by atoms with Gasteiger partial charge in [0.2, 0.25) is 6.79 Å². The third-order valence-electron chi connectivity index (χ3n) is 5.47. The van der Waals surface area contributed by atoms with Gasteiger partial charge in [0.15, 0.2) is 27.8 Å². The molecule has 12 heteroatoms. The van der Waals surface area contributed by atoms with Gasteiger partial charge in [-0.15, -0.1) is 0 Å². The molecule has 2 aliphatic heterocycles. The molecule has 10 nitrogen and oxygen atoms in total. The fraction of sp³-hybridized carbons (Fsp3) is 0.368. The number of nitrogens with zero attached hydrogens (tertiary/aromatic N) is 4. The van der Waals surface area contributed by atoms with Crippen LogP contribution in [0.3, 0.4) is 0 Å². The van der Waals surface area contributed by atoms with Crippen LogP contribution in [0.1, 0.15) is 12.8 Å². The molecule has 0 radical (unpaired) electrons. The fourth-order valence-electron chi connectivity index (χ4n) is 3.82. The molecule has 3 aromatic rings. The molecule has 3 N–H and O–H groups in total. The molecular weight excluding hydrogens is 488 g/mol. The molecule has 1 amide bonds. The Labute approximate surface area is 189 Å². The monoisotopic (exact) mass is 506 g/mol. The van der Waals surface area contributed by atoms with Crippen molar-refractivity contribution in [3.05, 3.63) is 28.4 Å². The van der Waals surface area contributed by atoms with Crippen molar-refractivity contribution in [2.75, 3.05) is 19.9 Å². The second kappa shape index (κ2) is 8.08. The van der Waals surface area contributed by atoms with Gasteiger partial charge in [-0.2, -0.15) is 0 Å². The molecule has 0 aliphatic carbocycles. The van der Waals surface area contributed by atoms with Gasteiger partial charge < -0.3 is 29.0 Å². The highest BCUT2D eigenvalue weighted by molar-refractivity contribution is 9.10.